The number of rotatable bonds is 4. The molecule has 0 bridgehead atoms. The van der Waals surface area contributed by atoms with Crippen LogP contribution in [-0.4, -0.2) is 12.3 Å². The molecule has 3 heteroatoms. The van der Waals surface area contributed by atoms with Crippen LogP contribution in [0, 0.1) is 6.92 Å². The average Bonchev–Trinajstić information content (AvgIpc) is 2.08. The van der Waals surface area contributed by atoms with E-state index >= 15 is 0 Å². The third-order valence-corrected chi connectivity index (χ3v) is 2.47. The molecule has 0 fully saturated rings. The SMILES string of the molecule is CC(=O)CCNc1ccc(Br)cc1C. The van der Waals surface area contributed by atoms with Crippen LogP contribution in [0.15, 0.2) is 22.7 Å². The van der Waals surface area contributed by atoms with Crippen molar-refractivity contribution in [3.8, 4) is 0 Å². The van der Waals surface area contributed by atoms with E-state index < -0.39 is 0 Å². The highest BCUT2D eigenvalue weighted by Gasteiger charge is 1.98. The van der Waals surface area contributed by atoms with Crippen LogP contribution in [-0.2, 0) is 4.79 Å². The maximum Gasteiger partial charge on any atom is 0.131 e. The van der Waals surface area contributed by atoms with Crippen molar-refractivity contribution in [2.75, 3.05) is 11.9 Å². The topological polar surface area (TPSA) is 29.1 Å². The summed E-state index contributed by atoms with van der Waals surface area (Å²) in [4.78, 5) is 10.7. The second kappa shape index (κ2) is 5.15. The van der Waals surface area contributed by atoms with Gasteiger partial charge >= 0.3 is 0 Å². The van der Waals surface area contributed by atoms with E-state index in [9.17, 15) is 4.79 Å². The lowest BCUT2D eigenvalue weighted by Gasteiger charge is -2.08. The molecule has 0 unspecified atom stereocenters. The highest BCUT2D eigenvalue weighted by Crippen LogP contribution is 2.19. The number of Topliss-reactive ketones (excluding diaryl/α,β-unsaturated/α-hetero) is 1. The summed E-state index contributed by atoms with van der Waals surface area (Å²) in [6, 6.07) is 6.05. The van der Waals surface area contributed by atoms with Crippen molar-refractivity contribution in [2.24, 2.45) is 0 Å². The van der Waals surface area contributed by atoms with Crippen molar-refractivity contribution in [2.45, 2.75) is 20.3 Å². The zero-order valence-corrected chi connectivity index (χ0v) is 10.0. The molecule has 2 nitrogen and oxygen atoms in total. The molecule has 0 radical (unpaired) electrons. The predicted octanol–water partition coefficient (Wildman–Crippen LogP) is 3.15. The number of benzene rings is 1. The van der Waals surface area contributed by atoms with Gasteiger partial charge in [0.2, 0.25) is 0 Å². The fourth-order valence-corrected chi connectivity index (χ4v) is 1.67. The van der Waals surface area contributed by atoms with Gasteiger partial charge in [-0.3, -0.25) is 4.79 Å². The van der Waals surface area contributed by atoms with Gasteiger partial charge in [0.1, 0.15) is 5.78 Å². The van der Waals surface area contributed by atoms with Gasteiger partial charge in [-0.1, -0.05) is 15.9 Å². The van der Waals surface area contributed by atoms with Crippen LogP contribution in [0.25, 0.3) is 0 Å². The number of halogens is 1. The molecule has 1 rings (SSSR count). The fourth-order valence-electron chi connectivity index (χ4n) is 1.20. The third-order valence-electron chi connectivity index (χ3n) is 1.98. The second-order valence-corrected chi connectivity index (χ2v) is 4.25. The van der Waals surface area contributed by atoms with E-state index in [-0.39, 0.29) is 5.78 Å². The normalized spacial score (nSPS) is 9.93. The first-order valence-corrected chi connectivity index (χ1v) is 5.38. The van der Waals surface area contributed by atoms with Crippen molar-refractivity contribution >= 4 is 27.4 Å². The molecule has 1 N–H and O–H groups in total. The zero-order valence-electron chi connectivity index (χ0n) is 8.43. The summed E-state index contributed by atoms with van der Waals surface area (Å²) in [6.07, 6.45) is 0.579. The van der Waals surface area contributed by atoms with E-state index in [2.05, 4.69) is 27.3 Å². The first-order valence-electron chi connectivity index (χ1n) is 4.59. The maximum atomic E-state index is 10.7. The average molecular weight is 256 g/mol. The van der Waals surface area contributed by atoms with Gasteiger partial charge in [0.15, 0.2) is 0 Å². The van der Waals surface area contributed by atoms with Crippen molar-refractivity contribution in [1.29, 1.82) is 0 Å². The number of carbonyl (C=O) groups is 1. The van der Waals surface area contributed by atoms with Crippen LogP contribution < -0.4 is 5.32 Å². The summed E-state index contributed by atoms with van der Waals surface area (Å²) in [5, 5.41) is 3.23. The summed E-state index contributed by atoms with van der Waals surface area (Å²) in [5.41, 5.74) is 2.28. The molecule has 14 heavy (non-hydrogen) atoms. The number of aryl methyl sites for hydroxylation is 1. The van der Waals surface area contributed by atoms with Crippen molar-refractivity contribution in [3.05, 3.63) is 28.2 Å². The molecule has 0 saturated heterocycles. The van der Waals surface area contributed by atoms with Gasteiger partial charge in [-0.25, -0.2) is 0 Å². The minimum Gasteiger partial charge on any atom is -0.384 e. The van der Waals surface area contributed by atoms with Crippen molar-refractivity contribution in [3.63, 3.8) is 0 Å². The Kier molecular flexibility index (Phi) is 4.14. The summed E-state index contributed by atoms with van der Waals surface area (Å²) in [7, 11) is 0. The zero-order chi connectivity index (χ0) is 10.6. The minimum absolute atomic E-state index is 0.215. The van der Waals surface area contributed by atoms with Crippen LogP contribution in [0.4, 0.5) is 5.69 Å². The van der Waals surface area contributed by atoms with Crippen LogP contribution in [0.1, 0.15) is 18.9 Å². The quantitative estimate of drug-likeness (QED) is 0.896. The Labute approximate surface area is 92.8 Å². The van der Waals surface area contributed by atoms with Gasteiger partial charge in [0.05, 0.1) is 0 Å². The van der Waals surface area contributed by atoms with Gasteiger partial charge in [0.25, 0.3) is 0 Å². The molecule has 76 valence electrons. The standard InChI is InChI=1S/C11H14BrNO/c1-8-7-10(12)3-4-11(8)13-6-5-9(2)14/h3-4,7,13H,5-6H2,1-2H3. The number of hydrogen-bond donors (Lipinski definition) is 1. The predicted molar refractivity (Wildman–Crippen MR) is 62.7 cm³/mol. The van der Waals surface area contributed by atoms with E-state index in [1.807, 2.05) is 19.1 Å². The lowest BCUT2D eigenvalue weighted by molar-refractivity contribution is -0.116. The van der Waals surface area contributed by atoms with Gasteiger partial charge < -0.3 is 5.32 Å². The lowest BCUT2D eigenvalue weighted by atomic mass is 10.2. The lowest BCUT2D eigenvalue weighted by Crippen LogP contribution is -2.06. The molecule has 0 spiro atoms. The van der Waals surface area contributed by atoms with E-state index in [0.29, 0.717) is 13.0 Å². The summed E-state index contributed by atoms with van der Waals surface area (Å²) < 4.78 is 1.08. The van der Waals surface area contributed by atoms with Crippen LogP contribution in [0.3, 0.4) is 0 Å². The van der Waals surface area contributed by atoms with Gasteiger partial charge in [0, 0.05) is 23.1 Å². The van der Waals surface area contributed by atoms with E-state index in [1.165, 1.54) is 5.56 Å². The summed E-state index contributed by atoms with van der Waals surface area (Å²) >= 11 is 3.41. The first-order chi connectivity index (χ1) is 6.59. The number of carbonyl (C=O) groups excluding carboxylic acids is 1. The molecule has 0 aliphatic carbocycles. The molecular weight excluding hydrogens is 242 g/mol. The molecule has 0 atom stereocenters. The van der Waals surface area contributed by atoms with Crippen LogP contribution in [0.2, 0.25) is 0 Å². The van der Waals surface area contributed by atoms with E-state index in [1.54, 1.807) is 6.92 Å². The monoisotopic (exact) mass is 255 g/mol. The van der Waals surface area contributed by atoms with Crippen LogP contribution in [0.5, 0.6) is 0 Å². The molecule has 1 aromatic carbocycles. The minimum atomic E-state index is 0.215. The van der Waals surface area contributed by atoms with Gasteiger partial charge in [-0.2, -0.15) is 0 Å². The highest BCUT2D eigenvalue weighted by molar-refractivity contribution is 9.10. The largest absolute Gasteiger partial charge is 0.384 e. The molecule has 1 aromatic rings. The van der Waals surface area contributed by atoms with Crippen LogP contribution >= 0.6 is 15.9 Å². The second-order valence-electron chi connectivity index (χ2n) is 3.34. The van der Waals surface area contributed by atoms with Gasteiger partial charge in [-0.05, 0) is 37.6 Å². The maximum absolute atomic E-state index is 10.7. The van der Waals surface area contributed by atoms with Gasteiger partial charge in [-0.15, -0.1) is 0 Å². The third kappa shape index (κ3) is 3.50. The Balaban J connectivity index is 2.55. The van der Waals surface area contributed by atoms with E-state index in [0.717, 1.165) is 10.2 Å². The smallest absolute Gasteiger partial charge is 0.131 e. The first kappa shape index (κ1) is 11.2. The molecule has 0 aliphatic rings. The number of anilines is 1. The number of nitrogens with one attached hydrogen (secondary N) is 1. The summed E-state index contributed by atoms with van der Waals surface area (Å²) in [6.45, 7) is 4.36. The van der Waals surface area contributed by atoms with Crippen molar-refractivity contribution in [1.82, 2.24) is 0 Å². The molecular formula is C11H14BrNO. The molecule has 0 aromatic heterocycles. The van der Waals surface area contributed by atoms with Crippen molar-refractivity contribution < 1.29 is 4.79 Å². The number of ketones is 1. The molecule has 0 aliphatic heterocycles. The Morgan fingerprint density at radius 3 is 2.79 bits per heavy atom. The molecule has 0 heterocycles. The Hall–Kier alpha value is -0.830. The number of hydrogen-bond acceptors (Lipinski definition) is 2. The molecule has 0 amide bonds. The Morgan fingerprint density at radius 2 is 2.21 bits per heavy atom. The Bertz CT molecular complexity index is 336. The highest BCUT2D eigenvalue weighted by atomic mass is 79.9. The fraction of sp³-hybridized carbons (Fsp3) is 0.364. The molecule has 0 saturated carbocycles. The Morgan fingerprint density at radius 1 is 1.50 bits per heavy atom. The van der Waals surface area contributed by atoms with E-state index in [4.69, 9.17) is 0 Å². The summed E-state index contributed by atoms with van der Waals surface area (Å²) in [5.74, 6) is 0.215.